The summed E-state index contributed by atoms with van der Waals surface area (Å²) in [5, 5.41) is 0.385. The Morgan fingerprint density at radius 3 is 2.57 bits per heavy atom. The van der Waals surface area contributed by atoms with Crippen LogP contribution in [0.25, 0.3) is 0 Å². The Labute approximate surface area is 96.6 Å². The summed E-state index contributed by atoms with van der Waals surface area (Å²) in [7, 11) is -3.42. The molecule has 1 aromatic rings. The van der Waals surface area contributed by atoms with Gasteiger partial charge in [0, 0.05) is 16.0 Å². The van der Waals surface area contributed by atoms with Gasteiger partial charge in [-0.3, -0.25) is 0 Å². The number of nitrogens with one attached hydrogen (secondary N) is 1. The molecule has 0 heterocycles. The molecule has 6 heteroatoms. The van der Waals surface area contributed by atoms with Crippen molar-refractivity contribution in [1.82, 2.24) is 4.72 Å². The van der Waals surface area contributed by atoms with Crippen molar-refractivity contribution in [2.45, 2.75) is 11.8 Å². The molecule has 0 aliphatic rings. The molecule has 78 valence electrons. The summed E-state index contributed by atoms with van der Waals surface area (Å²) in [6.45, 7) is 2.07. The second-order valence-electron chi connectivity index (χ2n) is 2.61. The molecule has 0 bridgehead atoms. The molecule has 0 atom stereocenters. The molecule has 0 unspecified atom stereocenters. The van der Waals surface area contributed by atoms with Gasteiger partial charge in [-0.05, 0) is 18.2 Å². The maximum atomic E-state index is 11.5. The van der Waals surface area contributed by atoms with Crippen molar-refractivity contribution in [2.75, 3.05) is 6.54 Å². The van der Waals surface area contributed by atoms with E-state index in [9.17, 15) is 8.42 Å². The quantitative estimate of drug-likeness (QED) is 0.931. The molecule has 14 heavy (non-hydrogen) atoms. The lowest BCUT2D eigenvalue weighted by molar-refractivity contribution is 0.584. The van der Waals surface area contributed by atoms with Gasteiger partial charge in [-0.2, -0.15) is 0 Å². The fourth-order valence-corrected chi connectivity index (χ4v) is 3.14. The van der Waals surface area contributed by atoms with Gasteiger partial charge in [0.1, 0.15) is 0 Å². The summed E-state index contributed by atoms with van der Waals surface area (Å²) < 4.78 is 26.1. The molecule has 1 N–H and O–H groups in total. The van der Waals surface area contributed by atoms with E-state index in [0.717, 1.165) is 0 Å². The van der Waals surface area contributed by atoms with Gasteiger partial charge in [-0.15, -0.1) is 0 Å². The largest absolute Gasteiger partial charge is 0.240 e. The average Bonchev–Trinajstić information content (AvgIpc) is 2.02. The third kappa shape index (κ3) is 2.95. The van der Waals surface area contributed by atoms with Crippen molar-refractivity contribution >= 4 is 37.6 Å². The Kier molecular flexibility index (Phi) is 3.94. The van der Waals surface area contributed by atoms with Gasteiger partial charge in [0.2, 0.25) is 10.0 Å². The Bertz CT molecular complexity index is 413. The van der Waals surface area contributed by atoms with Gasteiger partial charge in [0.15, 0.2) is 0 Å². The highest BCUT2D eigenvalue weighted by molar-refractivity contribution is 9.10. The number of halogens is 2. The highest BCUT2D eigenvalue weighted by Gasteiger charge is 2.13. The van der Waals surface area contributed by atoms with Crippen molar-refractivity contribution in [3.63, 3.8) is 0 Å². The van der Waals surface area contributed by atoms with Crippen LogP contribution >= 0.6 is 27.5 Å². The van der Waals surface area contributed by atoms with E-state index in [1.54, 1.807) is 13.0 Å². The Hall–Kier alpha value is -0.100. The first-order valence-electron chi connectivity index (χ1n) is 3.91. The summed E-state index contributed by atoms with van der Waals surface area (Å²) in [5.74, 6) is 0. The van der Waals surface area contributed by atoms with E-state index in [4.69, 9.17) is 11.6 Å². The van der Waals surface area contributed by atoms with E-state index in [2.05, 4.69) is 20.7 Å². The van der Waals surface area contributed by atoms with Crippen LogP contribution in [-0.2, 0) is 10.0 Å². The lowest BCUT2D eigenvalue weighted by atomic mass is 10.4. The lowest BCUT2D eigenvalue weighted by Crippen LogP contribution is -2.23. The van der Waals surface area contributed by atoms with Gasteiger partial charge in [-0.25, -0.2) is 13.1 Å². The smallest absolute Gasteiger partial charge is 0.211 e. The van der Waals surface area contributed by atoms with Crippen molar-refractivity contribution in [2.24, 2.45) is 0 Å². The number of hydrogen-bond donors (Lipinski definition) is 1. The second kappa shape index (κ2) is 4.61. The zero-order valence-corrected chi connectivity index (χ0v) is 10.6. The normalized spacial score (nSPS) is 11.6. The van der Waals surface area contributed by atoms with Crippen LogP contribution in [0.15, 0.2) is 27.6 Å². The summed E-state index contributed by atoms with van der Waals surface area (Å²) in [5.41, 5.74) is 0. The van der Waals surface area contributed by atoms with Crippen molar-refractivity contribution < 1.29 is 8.42 Å². The first-order chi connectivity index (χ1) is 6.45. The molecule has 1 rings (SSSR count). The molecular formula is C8H9BrClNO2S. The zero-order chi connectivity index (χ0) is 10.8. The van der Waals surface area contributed by atoms with E-state index >= 15 is 0 Å². The van der Waals surface area contributed by atoms with E-state index in [-0.39, 0.29) is 4.90 Å². The second-order valence-corrected chi connectivity index (χ2v) is 5.73. The highest BCUT2D eigenvalue weighted by Crippen LogP contribution is 2.22. The molecule has 0 amide bonds. The van der Waals surface area contributed by atoms with E-state index < -0.39 is 10.0 Å². The summed E-state index contributed by atoms with van der Waals surface area (Å²) >= 11 is 8.91. The standard InChI is InChI=1S/C8H9BrClNO2S/c1-2-11-14(12,13)8-4-6(9)3-7(10)5-8/h3-5,11H,2H2,1H3. The summed E-state index contributed by atoms with van der Waals surface area (Å²) in [6.07, 6.45) is 0. The first kappa shape index (κ1) is 12.0. The number of hydrogen-bond acceptors (Lipinski definition) is 2. The van der Waals surface area contributed by atoms with Crippen molar-refractivity contribution in [3.8, 4) is 0 Å². The fourth-order valence-electron chi connectivity index (χ4n) is 0.957. The lowest BCUT2D eigenvalue weighted by Gasteiger charge is -2.05. The topological polar surface area (TPSA) is 46.2 Å². The summed E-state index contributed by atoms with van der Waals surface area (Å²) in [4.78, 5) is 0.165. The van der Waals surface area contributed by atoms with Crippen molar-refractivity contribution in [3.05, 3.63) is 27.7 Å². The maximum absolute atomic E-state index is 11.5. The Balaban J connectivity index is 3.19. The van der Waals surface area contributed by atoms with Crippen molar-refractivity contribution in [1.29, 1.82) is 0 Å². The SMILES string of the molecule is CCNS(=O)(=O)c1cc(Cl)cc(Br)c1. The molecule has 0 fully saturated rings. The molecule has 1 aromatic carbocycles. The Morgan fingerprint density at radius 1 is 1.43 bits per heavy atom. The Morgan fingerprint density at radius 2 is 2.07 bits per heavy atom. The van der Waals surface area contributed by atoms with Crippen LogP contribution in [-0.4, -0.2) is 15.0 Å². The number of benzene rings is 1. The minimum atomic E-state index is -3.42. The van der Waals surface area contributed by atoms with Crippen LogP contribution in [0.2, 0.25) is 5.02 Å². The molecule has 0 radical (unpaired) electrons. The van der Waals surface area contributed by atoms with Crippen LogP contribution in [0, 0.1) is 0 Å². The molecule has 0 saturated heterocycles. The molecular weight excluding hydrogens is 290 g/mol. The molecule has 0 aromatic heterocycles. The monoisotopic (exact) mass is 297 g/mol. The molecule has 0 spiro atoms. The number of sulfonamides is 1. The van der Waals surface area contributed by atoms with Crippen LogP contribution < -0.4 is 4.72 Å². The molecule has 3 nitrogen and oxygen atoms in total. The first-order valence-corrected chi connectivity index (χ1v) is 6.57. The zero-order valence-electron chi connectivity index (χ0n) is 7.42. The van der Waals surface area contributed by atoms with Gasteiger partial charge in [-0.1, -0.05) is 34.5 Å². The van der Waals surface area contributed by atoms with Gasteiger partial charge >= 0.3 is 0 Å². The van der Waals surface area contributed by atoms with E-state index in [1.807, 2.05) is 0 Å². The van der Waals surface area contributed by atoms with Crippen LogP contribution in [0.4, 0.5) is 0 Å². The fraction of sp³-hybridized carbons (Fsp3) is 0.250. The number of rotatable bonds is 3. The van der Waals surface area contributed by atoms with Crippen LogP contribution in [0.1, 0.15) is 6.92 Å². The predicted octanol–water partition coefficient (Wildman–Crippen LogP) is 2.40. The molecule has 0 aliphatic carbocycles. The van der Waals surface area contributed by atoms with E-state index in [0.29, 0.717) is 16.0 Å². The summed E-state index contributed by atoms with van der Waals surface area (Å²) in [6, 6.07) is 4.54. The van der Waals surface area contributed by atoms with Gasteiger partial charge in [0.05, 0.1) is 4.90 Å². The van der Waals surface area contributed by atoms with Crippen LogP contribution in [0.3, 0.4) is 0 Å². The maximum Gasteiger partial charge on any atom is 0.240 e. The minimum absolute atomic E-state index is 0.165. The molecule has 0 aliphatic heterocycles. The van der Waals surface area contributed by atoms with Gasteiger partial charge in [0.25, 0.3) is 0 Å². The van der Waals surface area contributed by atoms with Crippen LogP contribution in [0.5, 0.6) is 0 Å². The van der Waals surface area contributed by atoms with Gasteiger partial charge < -0.3 is 0 Å². The van der Waals surface area contributed by atoms with E-state index in [1.165, 1.54) is 12.1 Å². The highest BCUT2D eigenvalue weighted by atomic mass is 79.9. The third-order valence-electron chi connectivity index (χ3n) is 1.48. The minimum Gasteiger partial charge on any atom is -0.211 e. The third-order valence-corrected chi connectivity index (χ3v) is 3.68. The predicted molar refractivity (Wildman–Crippen MR) is 60.0 cm³/mol. The average molecular weight is 299 g/mol. The molecule has 0 saturated carbocycles.